The highest BCUT2D eigenvalue weighted by molar-refractivity contribution is 5.78. The average molecular weight is 480 g/mol. The number of hydrogen-bond acceptors (Lipinski definition) is 1. The first kappa shape index (κ1) is 26.1. The minimum atomic E-state index is 0.716. The van der Waals surface area contributed by atoms with Gasteiger partial charge in [0.2, 0.25) is 0 Å². The molecule has 0 fully saturated rings. The van der Waals surface area contributed by atoms with Crippen LogP contribution in [0.1, 0.15) is 82.3 Å². The van der Waals surface area contributed by atoms with Crippen molar-refractivity contribution >= 4 is 16.9 Å². The van der Waals surface area contributed by atoms with E-state index in [2.05, 4.69) is 97.0 Å². The summed E-state index contributed by atoms with van der Waals surface area (Å²) in [7, 11) is 0. The summed E-state index contributed by atoms with van der Waals surface area (Å²) in [6.07, 6.45) is 25.8. The van der Waals surface area contributed by atoms with Gasteiger partial charge in [0.15, 0.2) is 0 Å². The number of rotatable bonds is 14. The number of aryl methyl sites for hydroxylation is 1. The average Bonchev–Trinajstić information content (AvgIpc) is 2.95. The van der Waals surface area contributed by atoms with Gasteiger partial charge in [-0.1, -0.05) is 95.0 Å². The zero-order valence-electron chi connectivity index (χ0n) is 22.1. The Bertz CT molecular complexity index is 1080. The Hall–Kier alpha value is -2.97. The van der Waals surface area contributed by atoms with E-state index in [0.717, 1.165) is 6.54 Å². The Kier molecular flexibility index (Phi) is 10.1. The number of para-hydroxylation sites is 1. The molecule has 0 amide bonds. The van der Waals surface area contributed by atoms with E-state index in [1.165, 1.54) is 98.7 Å². The van der Waals surface area contributed by atoms with E-state index in [-0.39, 0.29) is 0 Å². The monoisotopic (exact) mass is 479 g/mol. The number of nitrogens with zero attached hydrogens (tertiary/aromatic N) is 2. The summed E-state index contributed by atoms with van der Waals surface area (Å²) in [6, 6.07) is 24.4. The number of hydrogen-bond donors (Lipinski definition) is 0. The lowest BCUT2D eigenvalue weighted by molar-refractivity contribution is 0.552. The molecule has 0 saturated heterocycles. The fourth-order valence-corrected chi connectivity index (χ4v) is 5.31. The van der Waals surface area contributed by atoms with E-state index in [9.17, 15) is 0 Å². The molecular weight excluding hydrogens is 436 g/mol. The number of quaternary nitrogens is 1. The van der Waals surface area contributed by atoms with Crippen molar-refractivity contribution in [1.82, 2.24) is 9.47 Å². The quantitative estimate of drug-likeness (QED) is 0.166. The summed E-state index contributed by atoms with van der Waals surface area (Å²) in [5.41, 5.74) is 6.55. The lowest BCUT2D eigenvalue weighted by atomic mass is 10.0. The fourth-order valence-electron chi connectivity index (χ4n) is 5.31. The lowest BCUT2D eigenvalue weighted by Gasteiger charge is -2.35. The van der Waals surface area contributed by atoms with Crippen molar-refractivity contribution in [2.45, 2.75) is 77.6 Å². The maximum Gasteiger partial charge on any atom is 0.142 e. The maximum atomic E-state index is 4.17. The van der Waals surface area contributed by atoms with Crippen LogP contribution >= 0.6 is 0 Å². The number of pyridine rings is 1. The predicted octanol–water partition coefficient (Wildman–Crippen LogP) is 9.79. The molecule has 0 aliphatic carbocycles. The van der Waals surface area contributed by atoms with Gasteiger partial charge < -0.3 is 0 Å². The molecule has 1 aliphatic rings. The molecule has 2 aromatic carbocycles. The highest BCUT2D eigenvalue weighted by atomic mass is 15.3. The standard InChI is InChI=1S/C34H43N2/c1-2-3-4-5-6-7-8-9-10-12-15-30-18-20-34(21-19-30)36(33-16-13-11-14-17-33)28-24-32(25-29-36)31-22-26-35-27-23-31/h11,13-14,16-28H,2-10,12,15,29H2,1H3/q+1. The van der Waals surface area contributed by atoms with Gasteiger partial charge in [-0.15, -0.1) is 0 Å². The van der Waals surface area contributed by atoms with Crippen LogP contribution in [-0.2, 0) is 6.42 Å². The second-order valence-corrected chi connectivity index (χ2v) is 10.2. The molecule has 0 bridgehead atoms. The summed E-state index contributed by atoms with van der Waals surface area (Å²) in [4.78, 5) is 4.17. The molecule has 1 atom stereocenters. The molecule has 1 aromatic heterocycles. The zero-order chi connectivity index (χ0) is 24.9. The Labute approximate surface area is 219 Å². The third-order valence-corrected chi connectivity index (χ3v) is 7.55. The van der Waals surface area contributed by atoms with Crippen LogP contribution in [0.2, 0.25) is 0 Å². The van der Waals surface area contributed by atoms with Crippen LogP contribution in [0.3, 0.4) is 0 Å². The molecule has 0 radical (unpaired) electrons. The molecule has 1 aliphatic heterocycles. The number of allylic oxidation sites excluding steroid dienone is 2. The molecule has 2 nitrogen and oxygen atoms in total. The van der Waals surface area contributed by atoms with Crippen LogP contribution in [0, 0.1) is 0 Å². The van der Waals surface area contributed by atoms with Crippen LogP contribution < -0.4 is 4.48 Å². The third-order valence-electron chi connectivity index (χ3n) is 7.55. The first-order valence-corrected chi connectivity index (χ1v) is 14.1. The van der Waals surface area contributed by atoms with Gasteiger partial charge in [-0.3, -0.25) is 4.98 Å². The van der Waals surface area contributed by atoms with Crippen molar-refractivity contribution in [2.24, 2.45) is 0 Å². The Morgan fingerprint density at radius 3 is 1.89 bits per heavy atom. The fraction of sp³-hybridized carbons (Fsp3) is 0.382. The highest BCUT2D eigenvalue weighted by Gasteiger charge is 2.32. The van der Waals surface area contributed by atoms with Crippen molar-refractivity contribution in [3.05, 3.63) is 109 Å². The van der Waals surface area contributed by atoms with Crippen molar-refractivity contribution in [1.29, 1.82) is 0 Å². The van der Waals surface area contributed by atoms with Gasteiger partial charge in [-0.05, 0) is 66.0 Å². The predicted molar refractivity (Wildman–Crippen MR) is 156 cm³/mol. The van der Waals surface area contributed by atoms with Crippen LogP contribution in [0.15, 0.2) is 97.5 Å². The number of benzene rings is 2. The summed E-state index contributed by atoms with van der Waals surface area (Å²) in [5.74, 6) is 0. The summed E-state index contributed by atoms with van der Waals surface area (Å²) >= 11 is 0. The third kappa shape index (κ3) is 7.04. The SMILES string of the molecule is CCCCCCCCCCCCc1ccc([N+]2(c3ccccc3)C=CC(c3ccncc3)=CC2)cc1. The molecule has 1 unspecified atom stereocenters. The van der Waals surface area contributed by atoms with E-state index in [1.54, 1.807) is 0 Å². The van der Waals surface area contributed by atoms with Crippen LogP contribution in [-0.4, -0.2) is 11.5 Å². The molecule has 2 heterocycles. The largest absolute Gasteiger partial charge is 0.265 e. The highest BCUT2D eigenvalue weighted by Crippen LogP contribution is 2.39. The number of aromatic nitrogens is 1. The summed E-state index contributed by atoms with van der Waals surface area (Å²) < 4.78 is 0.716. The lowest BCUT2D eigenvalue weighted by Crippen LogP contribution is -2.40. The van der Waals surface area contributed by atoms with E-state index >= 15 is 0 Å². The molecule has 4 rings (SSSR count). The van der Waals surface area contributed by atoms with Crippen molar-refractivity contribution in [3.8, 4) is 0 Å². The maximum absolute atomic E-state index is 4.17. The van der Waals surface area contributed by atoms with Crippen LogP contribution in [0.4, 0.5) is 11.4 Å². The van der Waals surface area contributed by atoms with Gasteiger partial charge in [0, 0.05) is 24.5 Å². The van der Waals surface area contributed by atoms with Gasteiger partial charge in [0.25, 0.3) is 0 Å². The minimum absolute atomic E-state index is 0.716. The molecule has 2 heteroatoms. The van der Waals surface area contributed by atoms with Crippen LogP contribution in [0.25, 0.3) is 5.57 Å². The topological polar surface area (TPSA) is 12.9 Å². The van der Waals surface area contributed by atoms with E-state index in [1.807, 2.05) is 12.4 Å². The van der Waals surface area contributed by atoms with Gasteiger partial charge in [-0.25, -0.2) is 4.48 Å². The summed E-state index contributed by atoms with van der Waals surface area (Å²) in [5, 5.41) is 0. The molecular formula is C34H43N2+. The van der Waals surface area contributed by atoms with E-state index in [0.29, 0.717) is 4.48 Å². The van der Waals surface area contributed by atoms with Crippen molar-refractivity contribution in [2.75, 3.05) is 6.54 Å². The minimum Gasteiger partial charge on any atom is -0.265 e. The first-order chi connectivity index (χ1) is 17.8. The molecule has 0 N–H and O–H groups in total. The van der Waals surface area contributed by atoms with Crippen molar-refractivity contribution in [3.63, 3.8) is 0 Å². The van der Waals surface area contributed by atoms with Gasteiger partial charge in [0.05, 0.1) is 0 Å². The van der Waals surface area contributed by atoms with Gasteiger partial charge >= 0.3 is 0 Å². The Morgan fingerprint density at radius 1 is 0.667 bits per heavy atom. The molecule has 36 heavy (non-hydrogen) atoms. The number of unbranched alkanes of at least 4 members (excludes halogenated alkanes) is 9. The van der Waals surface area contributed by atoms with Gasteiger partial charge in [-0.2, -0.15) is 0 Å². The molecule has 3 aromatic rings. The first-order valence-electron chi connectivity index (χ1n) is 14.1. The second kappa shape index (κ2) is 13.9. The Balaban J connectivity index is 1.34. The van der Waals surface area contributed by atoms with Crippen LogP contribution in [0.5, 0.6) is 0 Å². The molecule has 0 saturated carbocycles. The van der Waals surface area contributed by atoms with Crippen molar-refractivity contribution < 1.29 is 0 Å². The van der Waals surface area contributed by atoms with E-state index in [4.69, 9.17) is 0 Å². The van der Waals surface area contributed by atoms with E-state index < -0.39 is 0 Å². The summed E-state index contributed by atoms with van der Waals surface area (Å²) in [6.45, 7) is 3.19. The van der Waals surface area contributed by atoms with Gasteiger partial charge in [0.1, 0.15) is 24.1 Å². The molecule has 188 valence electrons. The normalized spacial score (nSPS) is 17.2. The molecule has 0 spiro atoms. The smallest absolute Gasteiger partial charge is 0.142 e. The Morgan fingerprint density at radius 2 is 1.28 bits per heavy atom. The second-order valence-electron chi connectivity index (χ2n) is 10.2. The zero-order valence-corrected chi connectivity index (χ0v) is 22.1.